The van der Waals surface area contributed by atoms with E-state index < -0.39 is 23.9 Å². The number of rotatable bonds is 0. The van der Waals surface area contributed by atoms with Gasteiger partial charge in [0.25, 0.3) is 0 Å². The van der Waals surface area contributed by atoms with Crippen molar-refractivity contribution in [3.8, 4) is 11.5 Å². The average Bonchev–Trinajstić information content (AvgIpc) is 2.44. The second-order valence-corrected chi connectivity index (χ2v) is 6.08. The zero-order valence-electron chi connectivity index (χ0n) is 13.6. The summed E-state index contributed by atoms with van der Waals surface area (Å²) in [5.74, 6) is -1.71. The molecule has 0 amide bonds. The van der Waals surface area contributed by atoms with Gasteiger partial charge in [0, 0.05) is 18.9 Å². The quantitative estimate of drug-likeness (QED) is 0.629. The third kappa shape index (κ3) is 4.83. The Morgan fingerprint density at radius 2 is 1.96 bits per heavy atom. The van der Waals surface area contributed by atoms with Crippen LogP contribution in [0.15, 0.2) is 24.3 Å². The van der Waals surface area contributed by atoms with E-state index in [0.717, 1.165) is 12.5 Å². The van der Waals surface area contributed by atoms with Gasteiger partial charge in [-0.3, -0.25) is 4.79 Å². The van der Waals surface area contributed by atoms with Gasteiger partial charge in [0.15, 0.2) is 5.78 Å². The molecule has 1 aromatic rings. The van der Waals surface area contributed by atoms with Gasteiger partial charge in [-0.25, -0.2) is 4.79 Å². The van der Waals surface area contributed by atoms with Gasteiger partial charge in [0.1, 0.15) is 23.2 Å². The number of ketones is 1. The molecule has 0 aliphatic carbocycles. The summed E-state index contributed by atoms with van der Waals surface area (Å²) in [6, 6.07) is 2.30. The summed E-state index contributed by atoms with van der Waals surface area (Å²) < 4.78 is 5.28. The number of esters is 1. The SMILES string of the molecule is C[C@H]1C[C@@H](O)CCC/C=C/C(=O)Cc2cc(O)cc(O)c2C(=O)O1. The molecule has 2 rings (SSSR count). The number of phenolic OH excluding ortho intramolecular Hbond substituents is 2. The molecule has 1 aromatic carbocycles. The predicted molar refractivity (Wildman–Crippen MR) is 87.0 cm³/mol. The fraction of sp³-hybridized carbons (Fsp3) is 0.444. The predicted octanol–water partition coefficient (Wildman–Crippen LogP) is 2.25. The molecule has 3 N–H and O–H groups in total. The number of carbonyl (C=O) groups excluding carboxylic acids is 2. The van der Waals surface area contributed by atoms with Gasteiger partial charge < -0.3 is 20.1 Å². The van der Waals surface area contributed by atoms with Gasteiger partial charge in [0.2, 0.25) is 0 Å². The standard InChI is InChI=1S/C18H22O6/c1-11-7-13(19)5-3-2-4-6-14(20)8-12-9-15(21)10-16(22)17(12)18(23)24-11/h4,6,9-11,13,19,21-22H,2-3,5,7-8H2,1H3/b6-4+/t11-,13-/m0/s1. The summed E-state index contributed by atoms with van der Waals surface area (Å²) >= 11 is 0. The summed E-state index contributed by atoms with van der Waals surface area (Å²) in [6.45, 7) is 1.66. The van der Waals surface area contributed by atoms with E-state index in [1.165, 1.54) is 12.1 Å². The second kappa shape index (κ2) is 7.97. The highest BCUT2D eigenvalue weighted by Crippen LogP contribution is 2.29. The monoisotopic (exact) mass is 334 g/mol. The van der Waals surface area contributed by atoms with Crippen molar-refractivity contribution in [1.82, 2.24) is 0 Å². The van der Waals surface area contributed by atoms with Crippen LogP contribution in [0.5, 0.6) is 11.5 Å². The van der Waals surface area contributed by atoms with Crippen LogP contribution in [0, 0.1) is 0 Å². The number of hydrogen-bond donors (Lipinski definition) is 3. The van der Waals surface area contributed by atoms with Crippen LogP contribution in [0.4, 0.5) is 0 Å². The number of aliphatic hydroxyl groups excluding tert-OH is 1. The van der Waals surface area contributed by atoms with Crippen LogP contribution in [0.1, 0.15) is 48.5 Å². The first-order valence-electron chi connectivity index (χ1n) is 8.00. The molecule has 0 spiro atoms. The first-order chi connectivity index (χ1) is 11.4. The third-order valence-corrected chi connectivity index (χ3v) is 3.88. The van der Waals surface area contributed by atoms with Crippen LogP contribution in [0.2, 0.25) is 0 Å². The Balaban J connectivity index is 2.37. The molecule has 6 nitrogen and oxygen atoms in total. The van der Waals surface area contributed by atoms with E-state index in [1.807, 2.05) is 0 Å². The molecule has 0 unspecified atom stereocenters. The molecule has 0 saturated heterocycles. The molecule has 1 aliphatic heterocycles. The summed E-state index contributed by atoms with van der Waals surface area (Å²) in [5.41, 5.74) is 0.0740. The number of fused-ring (bicyclic) bond motifs is 1. The third-order valence-electron chi connectivity index (χ3n) is 3.88. The van der Waals surface area contributed by atoms with Crippen LogP contribution in [0.25, 0.3) is 0 Å². The van der Waals surface area contributed by atoms with Crippen molar-refractivity contribution in [3.63, 3.8) is 0 Å². The van der Waals surface area contributed by atoms with E-state index in [-0.39, 0.29) is 29.1 Å². The fourth-order valence-electron chi connectivity index (χ4n) is 2.77. The summed E-state index contributed by atoms with van der Waals surface area (Å²) in [4.78, 5) is 24.4. The van der Waals surface area contributed by atoms with E-state index in [0.29, 0.717) is 19.3 Å². The van der Waals surface area contributed by atoms with Gasteiger partial charge in [0.05, 0.1) is 6.10 Å². The first-order valence-corrected chi connectivity index (χ1v) is 8.00. The van der Waals surface area contributed by atoms with E-state index in [4.69, 9.17) is 4.74 Å². The highest BCUT2D eigenvalue weighted by atomic mass is 16.5. The van der Waals surface area contributed by atoms with Crippen LogP contribution in [0.3, 0.4) is 0 Å². The molecule has 0 radical (unpaired) electrons. The summed E-state index contributed by atoms with van der Waals surface area (Å²) in [5, 5.41) is 29.6. The minimum Gasteiger partial charge on any atom is -0.508 e. The second-order valence-electron chi connectivity index (χ2n) is 6.08. The number of ether oxygens (including phenoxy) is 1. The van der Waals surface area contributed by atoms with Crippen molar-refractivity contribution in [2.75, 3.05) is 0 Å². The molecule has 6 heteroatoms. The van der Waals surface area contributed by atoms with Gasteiger partial charge in [-0.15, -0.1) is 0 Å². The average molecular weight is 334 g/mol. The minimum atomic E-state index is -0.781. The number of hydrogen-bond acceptors (Lipinski definition) is 6. The minimum absolute atomic E-state index is 0.125. The maximum absolute atomic E-state index is 12.4. The van der Waals surface area contributed by atoms with Crippen molar-refractivity contribution < 1.29 is 29.6 Å². The molecule has 0 fully saturated rings. The zero-order chi connectivity index (χ0) is 17.7. The lowest BCUT2D eigenvalue weighted by atomic mass is 9.99. The van der Waals surface area contributed by atoms with E-state index >= 15 is 0 Å². The molecule has 0 saturated carbocycles. The van der Waals surface area contributed by atoms with Gasteiger partial charge in [-0.1, -0.05) is 6.08 Å². The van der Waals surface area contributed by atoms with Gasteiger partial charge >= 0.3 is 5.97 Å². The molecule has 0 bridgehead atoms. The maximum atomic E-state index is 12.4. The lowest BCUT2D eigenvalue weighted by molar-refractivity contribution is -0.114. The topological polar surface area (TPSA) is 104 Å². The Labute approximate surface area is 140 Å². The van der Waals surface area contributed by atoms with Crippen molar-refractivity contribution in [2.24, 2.45) is 0 Å². The van der Waals surface area contributed by atoms with Crippen LogP contribution >= 0.6 is 0 Å². The lowest BCUT2D eigenvalue weighted by Crippen LogP contribution is -2.22. The summed E-state index contributed by atoms with van der Waals surface area (Å²) in [7, 11) is 0. The smallest absolute Gasteiger partial charge is 0.342 e. The number of phenols is 2. The van der Waals surface area contributed by atoms with E-state index in [1.54, 1.807) is 13.0 Å². The first kappa shape index (κ1) is 18.0. The molecule has 130 valence electrons. The van der Waals surface area contributed by atoms with E-state index in [2.05, 4.69) is 0 Å². The number of allylic oxidation sites excluding steroid dienone is 2. The van der Waals surface area contributed by atoms with Crippen LogP contribution in [-0.4, -0.2) is 39.3 Å². The van der Waals surface area contributed by atoms with Gasteiger partial charge in [-0.2, -0.15) is 0 Å². The van der Waals surface area contributed by atoms with E-state index in [9.17, 15) is 24.9 Å². The van der Waals surface area contributed by atoms with Crippen molar-refractivity contribution in [2.45, 2.75) is 51.2 Å². The zero-order valence-corrected chi connectivity index (χ0v) is 13.6. The Hall–Kier alpha value is -2.34. The van der Waals surface area contributed by atoms with Crippen molar-refractivity contribution in [1.29, 1.82) is 0 Å². The normalized spacial score (nSPS) is 24.6. The Morgan fingerprint density at radius 1 is 1.21 bits per heavy atom. The molecule has 2 atom stereocenters. The van der Waals surface area contributed by atoms with Crippen LogP contribution in [-0.2, 0) is 16.0 Å². The number of carbonyl (C=O) groups is 2. The molecular weight excluding hydrogens is 312 g/mol. The maximum Gasteiger partial charge on any atom is 0.342 e. The molecule has 1 heterocycles. The largest absolute Gasteiger partial charge is 0.508 e. The highest BCUT2D eigenvalue weighted by Gasteiger charge is 2.23. The Kier molecular flexibility index (Phi) is 5.98. The molecule has 0 aromatic heterocycles. The number of cyclic esters (lactones) is 1. The number of aliphatic hydroxyl groups is 1. The fourth-order valence-corrected chi connectivity index (χ4v) is 2.77. The summed E-state index contributed by atoms with van der Waals surface area (Å²) in [6.07, 6.45) is 4.11. The molecular formula is C18H22O6. The Bertz CT molecular complexity index is 649. The molecule has 1 aliphatic rings. The number of aromatic hydroxyl groups is 2. The highest BCUT2D eigenvalue weighted by molar-refractivity contribution is 5.98. The Morgan fingerprint density at radius 3 is 2.71 bits per heavy atom. The van der Waals surface area contributed by atoms with Crippen molar-refractivity contribution in [3.05, 3.63) is 35.4 Å². The van der Waals surface area contributed by atoms with Crippen LogP contribution < -0.4 is 0 Å². The molecule has 24 heavy (non-hydrogen) atoms. The van der Waals surface area contributed by atoms with Gasteiger partial charge in [-0.05, 0) is 43.9 Å². The van der Waals surface area contributed by atoms with Crippen molar-refractivity contribution >= 4 is 11.8 Å². The lowest BCUT2D eigenvalue weighted by Gasteiger charge is -2.19. The number of benzene rings is 1.